The van der Waals surface area contributed by atoms with Gasteiger partial charge in [-0.15, -0.1) is 0 Å². The highest BCUT2D eigenvalue weighted by atomic mass is 16.1. The molecule has 3 aromatic carbocycles. The lowest BCUT2D eigenvalue weighted by molar-refractivity contribution is 0.102. The first-order valence-corrected chi connectivity index (χ1v) is 10.8. The lowest BCUT2D eigenvalue weighted by Gasteiger charge is -2.27. The van der Waals surface area contributed by atoms with E-state index in [0.29, 0.717) is 22.6 Å². The Morgan fingerprint density at radius 2 is 1.55 bits per heavy atom. The fourth-order valence-electron chi connectivity index (χ4n) is 4.31. The van der Waals surface area contributed by atoms with Crippen molar-refractivity contribution in [2.75, 3.05) is 26.0 Å². The molecule has 0 saturated heterocycles. The molecule has 31 heavy (non-hydrogen) atoms. The highest BCUT2D eigenvalue weighted by Gasteiger charge is 2.20. The number of hydrogen-bond donors (Lipinski definition) is 1. The van der Waals surface area contributed by atoms with Gasteiger partial charge in [0.1, 0.15) is 0 Å². The van der Waals surface area contributed by atoms with E-state index in [1.807, 2.05) is 24.3 Å². The normalized spacial score (nSPS) is 15.4. The molecule has 0 aromatic heterocycles. The number of carbonyl (C=O) groups excluding carboxylic acids is 2. The van der Waals surface area contributed by atoms with Crippen LogP contribution >= 0.6 is 0 Å². The monoisotopic (exact) mass is 412 g/mol. The zero-order valence-electron chi connectivity index (χ0n) is 18.1. The van der Waals surface area contributed by atoms with Crippen LogP contribution in [0, 0.1) is 5.92 Å². The second-order valence-electron chi connectivity index (χ2n) is 8.58. The van der Waals surface area contributed by atoms with Crippen LogP contribution in [0.2, 0.25) is 0 Å². The smallest absolute Gasteiger partial charge is 0.255 e. The van der Waals surface area contributed by atoms with E-state index in [1.165, 1.54) is 17.5 Å². The summed E-state index contributed by atoms with van der Waals surface area (Å²) < 4.78 is 0. The van der Waals surface area contributed by atoms with Crippen LogP contribution in [0.1, 0.15) is 43.8 Å². The van der Waals surface area contributed by atoms with Gasteiger partial charge in [0.25, 0.3) is 5.91 Å². The quantitative estimate of drug-likeness (QED) is 0.590. The maximum Gasteiger partial charge on any atom is 0.255 e. The molecule has 1 aliphatic carbocycles. The van der Waals surface area contributed by atoms with E-state index >= 15 is 0 Å². The SMILES string of the molecule is CN(C)CC1CCc2cc(NC(=O)c3ccc(C(=O)c4ccccc4)cc3)ccc2C1. The Hall–Kier alpha value is -3.24. The Kier molecular flexibility index (Phi) is 6.28. The first kappa shape index (κ1) is 21.0. The summed E-state index contributed by atoms with van der Waals surface area (Å²) in [4.78, 5) is 27.5. The van der Waals surface area contributed by atoms with Gasteiger partial charge < -0.3 is 10.2 Å². The van der Waals surface area contributed by atoms with Crippen LogP contribution in [0.4, 0.5) is 5.69 Å². The number of amides is 1. The van der Waals surface area contributed by atoms with E-state index in [0.717, 1.165) is 25.1 Å². The zero-order chi connectivity index (χ0) is 21.8. The van der Waals surface area contributed by atoms with E-state index in [-0.39, 0.29) is 11.7 Å². The van der Waals surface area contributed by atoms with Crippen molar-refractivity contribution in [2.24, 2.45) is 5.92 Å². The third kappa shape index (κ3) is 5.09. The van der Waals surface area contributed by atoms with Gasteiger partial charge in [0.05, 0.1) is 0 Å². The number of fused-ring (bicyclic) bond motifs is 1. The topological polar surface area (TPSA) is 49.4 Å². The molecule has 4 nitrogen and oxygen atoms in total. The Morgan fingerprint density at radius 3 is 2.26 bits per heavy atom. The third-order valence-corrected chi connectivity index (χ3v) is 5.86. The Bertz CT molecular complexity index is 1070. The van der Waals surface area contributed by atoms with Crippen molar-refractivity contribution in [3.63, 3.8) is 0 Å². The highest BCUT2D eigenvalue weighted by Crippen LogP contribution is 2.28. The van der Waals surface area contributed by atoms with Crippen LogP contribution in [0.25, 0.3) is 0 Å². The molecule has 0 heterocycles. The molecule has 0 aliphatic heterocycles. The van der Waals surface area contributed by atoms with Crippen molar-refractivity contribution in [1.29, 1.82) is 0 Å². The second-order valence-corrected chi connectivity index (χ2v) is 8.58. The Morgan fingerprint density at radius 1 is 0.871 bits per heavy atom. The highest BCUT2D eigenvalue weighted by molar-refractivity contribution is 6.10. The molecule has 4 heteroatoms. The molecule has 3 aromatic rings. The van der Waals surface area contributed by atoms with E-state index in [2.05, 4.69) is 36.4 Å². The minimum Gasteiger partial charge on any atom is -0.322 e. The van der Waals surface area contributed by atoms with Crippen LogP contribution in [0.15, 0.2) is 72.8 Å². The van der Waals surface area contributed by atoms with Crippen LogP contribution in [-0.4, -0.2) is 37.2 Å². The van der Waals surface area contributed by atoms with Crippen molar-refractivity contribution in [3.05, 3.63) is 101 Å². The number of benzene rings is 3. The van der Waals surface area contributed by atoms with Crippen LogP contribution in [0.3, 0.4) is 0 Å². The number of rotatable bonds is 6. The van der Waals surface area contributed by atoms with E-state index in [4.69, 9.17) is 0 Å². The molecular formula is C27H28N2O2. The molecule has 0 bridgehead atoms. The van der Waals surface area contributed by atoms with Gasteiger partial charge in [0, 0.05) is 28.9 Å². The van der Waals surface area contributed by atoms with E-state index < -0.39 is 0 Å². The van der Waals surface area contributed by atoms with Gasteiger partial charge in [0.2, 0.25) is 0 Å². The van der Waals surface area contributed by atoms with Gasteiger partial charge in [-0.3, -0.25) is 9.59 Å². The fourth-order valence-corrected chi connectivity index (χ4v) is 4.31. The van der Waals surface area contributed by atoms with Gasteiger partial charge in [-0.1, -0.05) is 48.5 Å². The largest absolute Gasteiger partial charge is 0.322 e. The molecular weight excluding hydrogens is 384 g/mol. The van der Waals surface area contributed by atoms with Gasteiger partial charge >= 0.3 is 0 Å². The van der Waals surface area contributed by atoms with Crippen LogP contribution in [-0.2, 0) is 12.8 Å². The molecule has 0 saturated carbocycles. The van der Waals surface area contributed by atoms with Crippen molar-refractivity contribution in [1.82, 2.24) is 4.90 Å². The fraction of sp³-hybridized carbons (Fsp3) is 0.259. The van der Waals surface area contributed by atoms with Crippen LogP contribution < -0.4 is 5.32 Å². The number of nitrogens with zero attached hydrogens (tertiary/aromatic N) is 1. The summed E-state index contributed by atoms with van der Waals surface area (Å²) in [6.45, 7) is 1.11. The molecule has 0 fully saturated rings. The third-order valence-electron chi connectivity index (χ3n) is 5.86. The summed E-state index contributed by atoms with van der Waals surface area (Å²) in [5, 5.41) is 3.00. The summed E-state index contributed by atoms with van der Waals surface area (Å²) in [5.74, 6) is 0.481. The van der Waals surface area contributed by atoms with Crippen molar-refractivity contribution in [2.45, 2.75) is 19.3 Å². The predicted octanol–water partition coefficient (Wildman–Crippen LogP) is 4.84. The molecule has 158 valence electrons. The standard InChI is InChI=1S/C27H28N2O2/c1-29(2)18-19-8-9-24-17-25(15-14-23(24)16-19)28-27(31)22-12-10-21(11-13-22)26(30)20-6-4-3-5-7-20/h3-7,10-15,17,19H,8-9,16,18H2,1-2H3,(H,28,31). The molecule has 1 N–H and O–H groups in total. The maximum absolute atomic E-state index is 12.7. The van der Waals surface area contributed by atoms with Gasteiger partial charge in [0.15, 0.2) is 5.78 Å². The summed E-state index contributed by atoms with van der Waals surface area (Å²) in [5.41, 5.74) is 5.29. The van der Waals surface area contributed by atoms with Crippen molar-refractivity contribution in [3.8, 4) is 0 Å². The number of ketones is 1. The average Bonchev–Trinajstić information content (AvgIpc) is 2.79. The number of nitrogens with one attached hydrogen (secondary N) is 1. The summed E-state index contributed by atoms with van der Waals surface area (Å²) in [6.07, 6.45) is 3.33. The number of aryl methyl sites for hydroxylation is 1. The minimum atomic E-state index is -0.167. The zero-order valence-corrected chi connectivity index (χ0v) is 18.1. The molecule has 4 rings (SSSR count). The molecule has 1 amide bonds. The molecule has 1 unspecified atom stereocenters. The van der Waals surface area contributed by atoms with Crippen molar-refractivity contribution < 1.29 is 9.59 Å². The number of anilines is 1. The van der Waals surface area contributed by atoms with E-state index in [1.54, 1.807) is 36.4 Å². The minimum absolute atomic E-state index is 0.0465. The summed E-state index contributed by atoms with van der Waals surface area (Å²) in [7, 11) is 4.25. The lowest BCUT2D eigenvalue weighted by atomic mass is 9.83. The predicted molar refractivity (Wildman–Crippen MR) is 125 cm³/mol. The summed E-state index contributed by atoms with van der Waals surface area (Å²) in [6, 6.07) is 22.2. The maximum atomic E-state index is 12.7. The van der Waals surface area contributed by atoms with E-state index in [9.17, 15) is 9.59 Å². The number of carbonyl (C=O) groups is 2. The molecule has 1 atom stereocenters. The Labute approximate surface area is 183 Å². The van der Waals surface area contributed by atoms with Gasteiger partial charge in [-0.05, 0) is 74.7 Å². The first-order valence-electron chi connectivity index (χ1n) is 10.8. The second kappa shape index (κ2) is 9.27. The Balaban J connectivity index is 1.41. The lowest BCUT2D eigenvalue weighted by Crippen LogP contribution is -2.26. The number of hydrogen-bond acceptors (Lipinski definition) is 3. The van der Waals surface area contributed by atoms with Crippen molar-refractivity contribution >= 4 is 17.4 Å². The molecule has 0 radical (unpaired) electrons. The molecule has 1 aliphatic rings. The van der Waals surface area contributed by atoms with Gasteiger partial charge in [-0.25, -0.2) is 0 Å². The average molecular weight is 413 g/mol. The van der Waals surface area contributed by atoms with Crippen LogP contribution in [0.5, 0.6) is 0 Å². The van der Waals surface area contributed by atoms with Gasteiger partial charge in [-0.2, -0.15) is 0 Å². The first-order chi connectivity index (χ1) is 15.0. The summed E-state index contributed by atoms with van der Waals surface area (Å²) >= 11 is 0. The molecule has 0 spiro atoms.